The zero-order valence-electron chi connectivity index (χ0n) is 15.2. The van der Waals surface area contributed by atoms with Crippen LogP contribution in [-0.2, 0) is 0 Å². The number of hydrogen-bond acceptors (Lipinski definition) is 2. The summed E-state index contributed by atoms with van der Waals surface area (Å²) in [5.41, 5.74) is 5.09. The van der Waals surface area contributed by atoms with Crippen LogP contribution in [-0.4, -0.2) is 11.0 Å². The van der Waals surface area contributed by atoms with E-state index < -0.39 is 0 Å². The van der Waals surface area contributed by atoms with Crippen molar-refractivity contribution in [2.24, 2.45) is 0 Å². The average Bonchev–Trinajstić information content (AvgIpc) is 2.68. The number of nitrogens with zero attached hydrogens (tertiary/aromatic N) is 1. The van der Waals surface area contributed by atoms with Crippen LogP contribution in [0.3, 0.4) is 0 Å². The zero-order valence-corrected chi connectivity index (χ0v) is 16.0. The lowest BCUT2D eigenvalue weighted by Gasteiger charge is -2.15. The van der Waals surface area contributed by atoms with Gasteiger partial charge >= 0.3 is 6.03 Å². The van der Waals surface area contributed by atoms with Gasteiger partial charge in [-0.15, -0.1) is 0 Å². The van der Waals surface area contributed by atoms with E-state index in [1.807, 2.05) is 79.7 Å². The maximum Gasteiger partial charge on any atom is 0.323 e. The van der Waals surface area contributed by atoms with Crippen LogP contribution < -0.4 is 10.6 Å². The van der Waals surface area contributed by atoms with Gasteiger partial charge in [-0.1, -0.05) is 54.1 Å². The van der Waals surface area contributed by atoms with Crippen LogP contribution in [0.2, 0.25) is 5.02 Å². The summed E-state index contributed by atoms with van der Waals surface area (Å²) >= 11 is 6.23. The molecule has 1 aromatic heterocycles. The Hall–Kier alpha value is -3.37. The molecule has 4 nitrogen and oxygen atoms in total. The normalized spacial score (nSPS) is 10.6. The minimum Gasteiger partial charge on any atom is -0.308 e. The number of fused-ring (bicyclic) bond motifs is 1. The second-order valence-corrected chi connectivity index (χ2v) is 6.96. The number of amides is 2. The van der Waals surface area contributed by atoms with Crippen molar-refractivity contribution < 1.29 is 4.79 Å². The molecule has 0 aliphatic rings. The molecule has 0 spiro atoms. The molecule has 0 radical (unpaired) electrons. The standard InChI is InChI=1S/C23H18ClN3O/c1-15-6-5-9-18(12-15)26-23(28)27-21-14-25-20-11-10-17(24)13-19(20)22(21)16-7-3-2-4-8-16/h2-14H,1H3,(H2,26,27,28). The van der Waals surface area contributed by atoms with Crippen LogP contribution in [0.5, 0.6) is 0 Å². The highest BCUT2D eigenvalue weighted by molar-refractivity contribution is 6.31. The first kappa shape index (κ1) is 18.0. The number of carbonyl (C=O) groups is 1. The Labute approximate surface area is 168 Å². The number of pyridine rings is 1. The van der Waals surface area contributed by atoms with E-state index in [1.54, 1.807) is 6.20 Å². The van der Waals surface area contributed by atoms with Gasteiger partial charge in [-0.3, -0.25) is 4.98 Å². The molecule has 1 heterocycles. The fourth-order valence-corrected chi connectivity index (χ4v) is 3.35. The minimum atomic E-state index is -0.328. The summed E-state index contributed by atoms with van der Waals surface area (Å²) in [6.45, 7) is 1.98. The lowest BCUT2D eigenvalue weighted by atomic mass is 9.99. The van der Waals surface area contributed by atoms with Crippen LogP contribution in [0.25, 0.3) is 22.0 Å². The molecule has 5 heteroatoms. The van der Waals surface area contributed by atoms with Crippen molar-refractivity contribution in [3.63, 3.8) is 0 Å². The number of aryl methyl sites for hydroxylation is 1. The Bertz CT molecular complexity index is 1160. The van der Waals surface area contributed by atoms with Gasteiger partial charge in [-0.2, -0.15) is 0 Å². The monoisotopic (exact) mass is 387 g/mol. The van der Waals surface area contributed by atoms with Gasteiger partial charge in [0.1, 0.15) is 0 Å². The Morgan fingerprint density at radius 1 is 0.929 bits per heavy atom. The average molecular weight is 388 g/mol. The number of carbonyl (C=O) groups excluding carboxylic acids is 1. The number of benzene rings is 3. The van der Waals surface area contributed by atoms with Crippen LogP contribution in [0.15, 0.2) is 79.0 Å². The van der Waals surface area contributed by atoms with E-state index in [2.05, 4.69) is 15.6 Å². The molecule has 0 bridgehead atoms. The molecule has 0 saturated carbocycles. The van der Waals surface area contributed by atoms with Gasteiger partial charge in [0.15, 0.2) is 0 Å². The van der Waals surface area contributed by atoms with E-state index in [1.165, 1.54) is 0 Å². The fourth-order valence-electron chi connectivity index (χ4n) is 3.18. The quantitative estimate of drug-likeness (QED) is 0.421. The first-order valence-electron chi connectivity index (χ1n) is 8.88. The second kappa shape index (κ2) is 7.71. The molecule has 2 N–H and O–H groups in total. The number of halogens is 1. The molecule has 3 aromatic carbocycles. The lowest BCUT2D eigenvalue weighted by Crippen LogP contribution is -2.20. The Balaban J connectivity index is 1.75. The van der Waals surface area contributed by atoms with Crippen molar-refractivity contribution in [2.45, 2.75) is 6.92 Å². The third kappa shape index (κ3) is 3.82. The van der Waals surface area contributed by atoms with Gasteiger partial charge in [0.2, 0.25) is 0 Å². The summed E-state index contributed by atoms with van der Waals surface area (Å²) in [6, 6.07) is 22.7. The number of nitrogens with one attached hydrogen (secondary N) is 2. The summed E-state index contributed by atoms with van der Waals surface area (Å²) in [5.74, 6) is 0. The van der Waals surface area contributed by atoms with E-state index >= 15 is 0 Å². The van der Waals surface area contributed by atoms with Crippen molar-refractivity contribution in [3.8, 4) is 11.1 Å². The molecule has 28 heavy (non-hydrogen) atoms. The SMILES string of the molecule is Cc1cccc(NC(=O)Nc2cnc3ccc(Cl)cc3c2-c2ccccc2)c1. The smallest absolute Gasteiger partial charge is 0.308 e. The predicted octanol–water partition coefficient (Wildman–Crippen LogP) is 6.51. The number of rotatable bonds is 3. The van der Waals surface area contributed by atoms with Gasteiger partial charge in [0, 0.05) is 21.7 Å². The fraction of sp³-hybridized carbons (Fsp3) is 0.0435. The van der Waals surface area contributed by atoms with Crippen molar-refractivity contribution in [1.29, 1.82) is 0 Å². The Kier molecular flexibility index (Phi) is 4.96. The topological polar surface area (TPSA) is 54.0 Å². The summed E-state index contributed by atoms with van der Waals surface area (Å²) in [4.78, 5) is 17.1. The second-order valence-electron chi connectivity index (χ2n) is 6.52. The van der Waals surface area contributed by atoms with Crippen molar-refractivity contribution in [1.82, 2.24) is 4.98 Å². The molecule has 0 aliphatic heterocycles. The van der Waals surface area contributed by atoms with Crippen LogP contribution >= 0.6 is 11.6 Å². The predicted molar refractivity (Wildman–Crippen MR) is 116 cm³/mol. The maximum absolute atomic E-state index is 12.6. The van der Waals surface area contributed by atoms with Crippen molar-refractivity contribution >= 4 is 39.9 Å². The van der Waals surface area contributed by atoms with Crippen LogP contribution in [0.1, 0.15) is 5.56 Å². The molecule has 4 rings (SSSR count). The van der Waals surface area contributed by atoms with E-state index in [9.17, 15) is 4.79 Å². The van der Waals surface area contributed by atoms with Gasteiger partial charge in [0.25, 0.3) is 0 Å². The number of urea groups is 1. The third-order valence-electron chi connectivity index (χ3n) is 4.42. The van der Waals surface area contributed by atoms with E-state index in [4.69, 9.17) is 11.6 Å². The zero-order chi connectivity index (χ0) is 19.5. The maximum atomic E-state index is 12.6. The highest BCUT2D eigenvalue weighted by Crippen LogP contribution is 2.35. The van der Waals surface area contributed by atoms with Crippen molar-refractivity contribution in [2.75, 3.05) is 10.6 Å². The first-order valence-corrected chi connectivity index (χ1v) is 9.26. The van der Waals surface area contributed by atoms with E-state index in [-0.39, 0.29) is 6.03 Å². The van der Waals surface area contributed by atoms with Crippen LogP contribution in [0.4, 0.5) is 16.2 Å². The van der Waals surface area contributed by atoms with Crippen molar-refractivity contribution in [3.05, 3.63) is 89.6 Å². The molecule has 0 saturated heterocycles. The van der Waals surface area contributed by atoms with E-state index in [0.29, 0.717) is 10.7 Å². The summed E-state index contributed by atoms with van der Waals surface area (Å²) in [5, 5.41) is 7.30. The summed E-state index contributed by atoms with van der Waals surface area (Å²) in [7, 11) is 0. The molecule has 0 aliphatic carbocycles. The van der Waals surface area contributed by atoms with Gasteiger partial charge in [-0.05, 0) is 48.4 Å². The molecule has 0 fully saturated rings. The highest BCUT2D eigenvalue weighted by atomic mass is 35.5. The molecule has 0 unspecified atom stereocenters. The third-order valence-corrected chi connectivity index (χ3v) is 4.65. The molecular weight excluding hydrogens is 370 g/mol. The minimum absolute atomic E-state index is 0.328. The molecule has 4 aromatic rings. The number of anilines is 2. The molecule has 0 atom stereocenters. The lowest BCUT2D eigenvalue weighted by molar-refractivity contribution is 0.262. The molecule has 2 amide bonds. The van der Waals surface area contributed by atoms with Gasteiger partial charge < -0.3 is 10.6 Å². The number of aromatic nitrogens is 1. The first-order chi connectivity index (χ1) is 13.6. The van der Waals surface area contributed by atoms with Crippen LogP contribution in [0, 0.1) is 6.92 Å². The Morgan fingerprint density at radius 2 is 1.75 bits per heavy atom. The van der Waals surface area contributed by atoms with Gasteiger partial charge in [0.05, 0.1) is 17.4 Å². The molecule has 138 valence electrons. The van der Waals surface area contributed by atoms with Gasteiger partial charge in [-0.25, -0.2) is 4.79 Å². The molecular formula is C23H18ClN3O. The highest BCUT2D eigenvalue weighted by Gasteiger charge is 2.14. The largest absolute Gasteiger partial charge is 0.323 e. The number of hydrogen-bond donors (Lipinski definition) is 2. The van der Waals surface area contributed by atoms with E-state index in [0.717, 1.165) is 33.3 Å². The Morgan fingerprint density at radius 3 is 2.54 bits per heavy atom. The summed E-state index contributed by atoms with van der Waals surface area (Å²) in [6.07, 6.45) is 1.67. The summed E-state index contributed by atoms with van der Waals surface area (Å²) < 4.78 is 0.